The first-order valence-corrected chi connectivity index (χ1v) is 10.1. The molecular formula is C24H14N2O2S. The Kier molecular flexibility index (Phi) is 3.61. The normalized spacial score (nSPS) is 11.4. The highest BCUT2D eigenvalue weighted by Gasteiger charge is 2.12. The average molecular weight is 394 g/mol. The van der Waals surface area contributed by atoms with Gasteiger partial charge in [-0.05, 0) is 54.1 Å². The molecule has 0 aliphatic carbocycles. The maximum Gasteiger partial charge on any atom is 0.237 e. The van der Waals surface area contributed by atoms with Crippen LogP contribution in [0.1, 0.15) is 0 Å². The standard InChI is InChI=1S/C24H14N2O2S/c1-3-7-19-17(5-1)25-23(27-19)16-11-9-15(10-12-16)21-13-14-22(29-21)24-26-18-6-2-4-8-20(18)28-24/h1-14H. The van der Waals surface area contributed by atoms with E-state index in [4.69, 9.17) is 8.83 Å². The van der Waals surface area contributed by atoms with Gasteiger partial charge in [-0.2, -0.15) is 0 Å². The van der Waals surface area contributed by atoms with Gasteiger partial charge >= 0.3 is 0 Å². The van der Waals surface area contributed by atoms with Crippen molar-refractivity contribution < 1.29 is 8.83 Å². The lowest BCUT2D eigenvalue weighted by Gasteiger charge is -1.99. The molecule has 0 bridgehead atoms. The number of thiophene rings is 1. The fourth-order valence-corrected chi connectivity index (χ4v) is 4.30. The van der Waals surface area contributed by atoms with Gasteiger partial charge in [-0.15, -0.1) is 11.3 Å². The molecule has 0 unspecified atom stereocenters. The summed E-state index contributed by atoms with van der Waals surface area (Å²) < 4.78 is 11.7. The molecule has 3 heterocycles. The van der Waals surface area contributed by atoms with E-state index in [0.29, 0.717) is 11.8 Å². The third-order valence-electron chi connectivity index (χ3n) is 4.82. The molecule has 3 aromatic carbocycles. The molecule has 29 heavy (non-hydrogen) atoms. The number of rotatable bonds is 3. The van der Waals surface area contributed by atoms with E-state index >= 15 is 0 Å². The van der Waals surface area contributed by atoms with Crippen molar-refractivity contribution in [2.45, 2.75) is 0 Å². The number of nitrogens with zero attached hydrogens (tertiary/aromatic N) is 2. The van der Waals surface area contributed by atoms with Gasteiger partial charge in [0, 0.05) is 10.4 Å². The van der Waals surface area contributed by atoms with Crippen LogP contribution in [0.5, 0.6) is 0 Å². The van der Waals surface area contributed by atoms with Crippen LogP contribution < -0.4 is 0 Å². The lowest BCUT2D eigenvalue weighted by atomic mass is 10.1. The zero-order chi connectivity index (χ0) is 19.2. The van der Waals surface area contributed by atoms with Gasteiger partial charge in [0.25, 0.3) is 0 Å². The number of fused-ring (bicyclic) bond motifs is 2. The van der Waals surface area contributed by atoms with Gasteiger partial charge in [-0.1, -0.05) is 36.4 Å². The van der Waals surface area contributed by atoms with Crippen molar-refractivity contribution in [3.8, 4) is 32.7 Å². The Morgan fingerprint density at radius 1 is 0.517 bits per heavy atom. The second-order valence-corrected chi connectivity index (χ2v) is 7.80. The van der Waals surface area contributed by atoms with E-state index in [9.17, 15) is 0 Å². The van der Waals surface area contributed by atoms with Crippen molar-refractivity contribution in [2.24, 2.45) is 0 Å². The molecule has 0 atom stereocenters. The first-order chi connectivity index (χ1) is 14.3. The molecule has 0 N–H and O–H groups in total. The lowest BCUT2D eigenvalue weighted by Crippen LogP contribution is -1.78. The van der Waals surface area contributed by atoms with E-state index in [1.54, 1.807) is 11.3 Å². The third kappa shape index (κ3) is 2.83. The fourth-order valence-electron chi connectivity index (χ4n) is 3.36. The van der Waals surface area contributed by atoms with Crippen LogP contribution in [-0.4, -0.2) is 9.97 Å². The number of hydrogen-bond donors (Lipinski definition) is 0. The highest BCUT2D eigenvalue weighted by atomic mass is 32.1. The Labute approximate surface area is 170 Å². The van der Waals surface area contributed by atoms with Gasteiger partial charge in [0.15, 0.2) is 11.2 Å². The average Bonchev–Trinajstić information content (AvgIpc) is 3.51. The summed E-state index contributed by atoms with van der Waals surface area (Å²) in [6.45, 7) is 0. The SMILES string of the molecule is c1ccc2oc(-c3ccc(-c4ccc(-c5nc6ccccc6o5)s4)cc3)nc2c1. The smallest absolute Gasteiger partial charge is 0.237 e. The van der Waals surface area contributed by atoms with Gasteiger partial charge in [0.2, 0.25) is 11.8 Å². The van der Waals surface area contributed by atoms with Gasteiger partial charge in [-0.25, -0.2) is 9.97 Å². The minimum atomic E-state index is 0.635. The van der Waals surface area contributed by atoms with Gasteiger partial charge in [0.05, 0.1) is 4.88 Å². The van der Waals surface area contributed by atoms with Crippen LogP contribution in [0.2, 0.25) is 0 Å². The largest absolute Gasteiger partial charge is 0.436 e. The Morgan fingerprint density at radius 2 is 1.07 bits per heavy atom. The molecule has 5 heteroatoms. The van der Waals surface area contributed by atoms with Gasteiger partial charge < -0.3 is 8.83 Å². The first kappa shape index (κ1) is 16.3. The summed E-state index contributed by atoms with van der Waals surface area (Å²) >= 11 is 1.66. The van der Waals surface area contributed by atoms with Crippen molar-refractivity contribution in [1.29, 1.82) is 0 Å². The van der Waals surface area contributed by atoms with E-state index in [0.717, 1.165) is 43.1 Å². The molecule has 0 aliphatic heterocycles. The fraction of sp³-hybridized carbons (Fsp3) is 0. The number of para-hydroxylation sites is 4. The molecule has 0 fully saturated rings. The van der Waals surface area contributed by atoms with Crippen LogP contribution in [0.25, 0.3) is 54.9 Å². The Balaban J connectivity index is 1.31. The Bertz CT molecular complexity index is 1390. The topological polar surface area (TPSA) is 52.1 Å². The van der Waals surface area contributed by atoms with Crippen molar-refractivity contribution in [3.05, 3.63) is 84.9 Å². The highest BCUT2D eigenvalue weighted by Crippen LogP contribution is 2.36. The second-order valence-electron chi connectivity index (χ2n) is 6.71. The number of oxazole rings is 2. The number of benzene rings is 3. The molecule has 6 rings (SSSR count). The summed E-state index contributed by atoms with van der Waals surface area (Å²) in [4.78, 5) is 11.3. The van der Waals surface area contributed by atoms with Crippen LogP contribution in [0.3, 0.4) is 0 Å². The van der Waals surface area contributed by atoms with Crippen molar-refractivity contribution >= 4 is 33.5 Å². The maximum atomic E-state index is 5.89. The quantitative estimate of drug-likeness (QED) is 0.323. The van der Waals surface area contributed by atoms with Crippen LogP contribution >= 0.6 is 11.3 Å². The molecule has 0 radical (unpaired) electrons. The van der Waals surface area contributed by atoms with E-state index in [1.807, 2.05) is 60.7 Å². The predicted octanol–water partition coefficient (Wildman–Crippen LogP) is 7.03. The number of hydrogen-bond acceptors (Lipinski definition) is 5. The van der Waals surface area contributed by atoms with E-state index in [1.165, 1.54) is 0 Å². The van der Waals surface area contributed by atoms with E-state index in [-0.39, 0.29) is 0 Å². The van der Waals surface area contributed by atoms with Crippen molar-refractivity contribution in [2.75, 3.05) is 0 Å². The molecule has 4 nitrogen and oxygen atoms in total. The van der Waals surface area contributed by atoms with Gasteiger partial charge in [0.1, 0.15) is 11.0 Å². The molecule has 0 amide bonds. The number of aromatic nitrogens is 2. The highest BCUT2D eigenvalue weighted by molar-refractivity contribution is 7.18. The second kappa shape index (κ2) is 6.43. The molecule has 138 valence electrons. The van der Waals surface area contributed by atoms with E-state index in [2.05, 4.69) is 34.2 Å². The monoisotopic (exact) mass is 394 g/mol. The lowest BCUT2D eigenvalue weighted by molar-refractivity contribution is 0.620. The van der Waals surface area contributed by atoms with Crippen LogP contribution in [0.15, 0.2) is 93.8 Å². The van der Waals surface area contributed by atoms with Crippen LogP contribution in [0.4, 0.5) is 0 Å². The summed E-state index contributed by atoms with van der Waals surface area (Å²) in [5.41, 5.74) is 5.44. The summed E-state index contributed by atoms with van der Waals surface area (Å²) in [5, 5.41) is 0. The summed E-state index contributed by atoms with van der Waals surface area (Å²) in [6, 6.07) is 28.0. The molecule has 6 aromatic rings. The summed E-state index contributed by atoms with van der Waals surface area (Å²) in [7, 11) is 0. The zero-order valence-electron chi connectivity index (χ0n) is 15.2. The summed E-state index contributed by atoms with van der Waals surface area (Å²) in [6.07, 6.45) is 0. The summed E-state index contributed by atoms with van der Waals surface area (Å²) in [5.74, 6) is 1.29. The molecule has 0 aliphatic rings. The predicted molar refractivity (Wildman–Crippen MR) is 116 cm³/mol. The third-order valence-corrected chi connectivity index (χ3v) is 5.94. The van der Waals surface area contributed by atoms with Crippen molar-refractivity contribution in [3.63, 3.8) is 0 Å². The van der Waals surface area contributed by atoms with E-state index < -0.39 is 0 Å². The zero-order valence-corrected chi connectivity index (χ0v) is 16.0. The molecule has 0 spiro atoms. The molecule has 0 saturated heterocycles. The molecular weight excluding hydrogens is 380 g/mol. The minimum absolute atomic E-state index is 0.635. The molecule has 3 aromatic heterocycles. The van der Waals surface area contributed by atoms with Crippen molar-refractivity contribution in [1.82, 2.24) is 9.97 Å². The van der Waals surface area contributed by atoms with Crippen LogP contribution in [0, 0.1) is 0 Å². The maximum absolute atomic E-state index is 5.89. The molecule has 0 saturated carbocycles. The Hall–Kier alpha value is -3.70. The van der Waals surface area contributed by atoms with Crippen LogP contribution in [-0.2, 0) is 0 Å². The Morgan fingerprint density at radius 3 is 1.76 bits per heavy atom. The van der Waals surface area contributed by atoms with Gasteiger partial charge in [-0.3, -0.25) is 0 Å². The minimum Gasteiger partial charge on any atom is -0.436 e. The first-order valence-electron chi connectivity index (χ1n) is 9.26.